The van der Waals surface area contributed by atoms with Crippen molar-refractivity contribution in [2.45, 2.75) is 25.7 Å². The fourth-order valence-electron chi connectivity index (χ4n) is 4.94. The van der Waals surface area contributed by atoms with E-state index >= 15 is 0 Å². The van der Waals surface area contributed by atoms with Crippen LogP contribution in [0.25, 0.3) is 11.3 Å². The van der Waals surface area contributed by atoms with Crippen LogP contribution in [0, 0.1) is 0 Å². The first-order chi connectivity index (χ1) is 16.6. The van der Waals surface area contributed by atoms with Crippen LogP contribution in [0.3, 0.4) is 0 Å². The number of amides is 1. The number of ether oxygens (including phenoxy) is 3. The van der Waals surface area contributed by atoms with Crippen LogP contribution in [-0.4, -0.2) is 55.0 Å². The molecule has 5 rings (SSSR count). The fourth-order valence-corrected chi connectivity index (χ4v) is 4.94. The van der Waals surface area contributed by atoms with Gasteiger partial charge in [0.1, 0.15) is 17.2 Å². The van der Waals surface area contributed by atoms with Crippen molar-refractivity contribution < 1.29 is 19.0 Å². The highest BCUT2D eigenvalue weighted by atomic mass is 16.5. The predicted molar refractivity (Wildman–Crippen MR) is 130 cm³/mol. The summed E-state index contributed by atoms with van der Waals surface area (Å²) in [6, 6.07) is 13.8. The van der Waals surface area contributed by atoms with Gasteiger partial charge in [-0.15, -0.1) is 0 Å². The highest BCUT2D eigenvalue weighted by Crippen LogP contribution is 2.41. The van der Waals surface area contributed by atoms with Crippen LogP contribution < -0.4 is 14.2 Å². The first kappa shape index (κ1) is 22.1. The SMILES string of the molecule is COc1cc(OC)c(C2=CCN(C(=O)c3nn(-c4ccccc4)c4c3CCC4)CC2)c(OC)c1. The molecule has 3 aromatic rings. The molecule has 7 heteroatoms. The minimum absolute atomic E-state index is 0.00297. The quantitative estimate of drug-likeness (QED) is 0.549. The average Bonchev–Trinajstić information content (AvgIpc) is 3.51. The molecule has 34 heavy (non-hydrogen) atoms. The van der Waals surface area contributed by atoms with E-state index in [2.05, 4.69) is 6.08 Å². The van der Waals surface area contributed by atoms with E-state index in [1.54, 1.807) is 21.3 Å². The monoisotopic (exact) mass is 459 g/mol. The molecule has 2 heterocycles. The number of hydrogen-bond acceptors (Lipinski definition) is 5. The number of para-hydroxylation sites is 1. The predicted octanol–water partition coefficient (Wildman–Crippen LogP) is 4.32. The van der Waals surface area contributed by atoms with Gasteiger partial charge in [0.25, 0.3) is 5.91 Å². The Labute approximate surface area is 199 Å². The summed E-state index contributed by atoms with van der Waals surface area (Å²) in [5.74, 6) is 2.06. The van der Waals surface area contributed by atoms with E-state index in [9.17, 15) is 4.79 Å². The summed E-state index contributed by atoms with van der Waals surface area (Å²) in [6.45, 7) is 1.12. The Balaban J connectivity index is 1.42. The summed E-state index contributed by atoms with van der Waals surface area (Å²) in [5.41, 5.74) is 5.86. The van der Waals surface area contributed by atoms with Crippen molar-refractivity contribution in [2.75, 3.05) is 34.4 Å². The molecule has 0 N–H and O–H groups in total. The lowest BCUT2D eigenvalue weighted by Gasteiger charge is -2.27. The van der Waals surface area contributed by atoms with Crippen LogP contribution in [0.5, 0.6) is 17.2 Å². The van der Waals surface area contributed by atoms with Crippen molar-refractivity contribution in [3.63, 3.8) is 0 Å². The Kier molecular flexibility index (Phi) is 6.01. The van der Waals surface area contributed by atoms with Crippen molar-refractivity contribution >= 4 is 11.5 Å². The Morgan fingerprint density at radius 2 is 1.68 bits per heavy atom. The fraction of sp³-hybridized carbons (Fsp3) is 0.333. The molecule has 1 aromatic heterocycles. The highest BCUT2D eigenvalue weighted by molar-refractivity contribution is 5.95. The lowest BCUT2D eigenvalue weighted by atomic mass is 9.97. The summed E-state index contributed by atoms with van der Waals surface area (Å²) >= 11 is 0. The molecule has 0 saturated carbocycles. The standard InChI is InChI=1S/C27H29N3O4/c1-32-20-16-23(33-2)25(24(17-20)34-3)18-12-14-29(15-13-18)27(31)26-21-10-7-11-22(21)30(28-26)19-8-5-4-6-9-19/h4-6,8-9,12,16-17H,7,10-11,13-15H2,1-3H3. The minimum Gasteiger partial charge on any atom is -0.496 e. The molecule has 0 spiro atoms. The number of carbonyl (C=O) groups excluding carboxylic acids is 1. The van der Waals surface area contributed by atoms with Gasteiger partial charge in [0.15, 0.2) is 5.69 Å². The van der Waals surface area contributed by atoms with Crippen molar-refractivity contribution in [1.82, 2.24) is 14.7 Å². The molecule has 2 aliphatic rings. The van der Waals surface area contributed by atoms with Crippen LogP contribution in [-0.2, 0) is 12.8 Å². The number of carbonyl (C=O) groups is 1. The topological polar surface area (TPSA) is 65.8 Å². The van der Waals surface area contributed by atoms with Crippen LogP contribution in [0.4, 0.5) is 0 Å². The second-order valence-electron chi connectivity index (χ2n) is 8.51. The Hall–Kier alpha value is -3.74. The molecule has 1 aliphatic heterocycles. The van der Waals surface area contributed by atoms with Crippen LogP contribution >= 0.6 is 0 Å². The lowest BCUT2D eigenvalue weighted by molar-refractivity contribution is 0.0765. The third-order valence-electron chi connectivity index (χ3n) is 6.67. The van der Waals surface area contributed by atoms with Gasteiger partial charge >= 0.3 is 0 Å². The molecular weight excluding hydrogens is 430 g/mol. The third kappa shape index (κ3) is 3.81. The second kappa shape index (κ2) is 9.25. The smallest absolute Gasteiger partial charge is 0.274 e. The molecule has 2 aromatic carbocycles. The molecular formula is C27H29N3O4. The maximum atomic E-state index is 13.5. The molecule has 1 aliphatic carbocycles. The van der Waals surface area contributed by atoms with E-state index in [0.717, 1.165) is 47.3 Å². The molecule has 0 unspecified atom stereocenters. The van der Waals surface area contributed by atoms with Gasteiger partial charge in [-0.1, -0.05) is 24.3 Å². The summed E-state index contributed by atoms with van der Waals surface area (Å²) in [5, 5.41) is 4.78. The van der Waals surface area contributed by atoms with E-state index in [-0.39, 0.29) is 5.91 Å². The van der Waals surface area contributed by atoms with Gasteiger partial charge in [-0.2, -0.15) is 5.10 Å². The zero-order valence-corrected chi connectivity index (χ0v) is 19.8. The van der Waals surface area contributed by atoms with Crippen molar-refractivity contribution in [3.8, 4) is 22.9 Å². The van der Waals surface area contributed by atoms with E-state index in [1.165, 1.54) is 0 Å². The molecule has 0 saturated heterocycles. The number of benzene rings is 2. The first-order valence-corrected chi connectivity index (χ1v) is 11.6. The van der Waals surface area contributed by atoms with Crippen LogP contribution in [0.1, 0.15) is 40.2 Å². The van der Waals surface area contributed by atoms with E-state index in [1.807, 2.05) is 52.0 Å². The number of aromatic nitrogens is 2. The Bertz CT molecular complexity index is 1220. The molecule has 0 bridgehead atoms. The summed E-state index contributed by atoms with van der Waals surface area (Å²) in [6.07, 6.45) is 5.69. The molecule has 0 atom stereocenters. The van der Waals surface area contributed by atoms with Crippen molar-refractivity contribution in [1.29, 1.82) is 0 Å². The Morgan fingerprint density at radius 3 is 2.29 bits per heavy atom. The Morgan fingerprint density at radius 1 is 0.941 bits per heavy atom. The molecule has 1 amide bonds. The molecule has 0 radical (unpaired) electrons. The molecule has 7 nitrogen and oxygen atoms in total. The average molecular weight is 460 g/mol. The largest absolute Gasteiger partial charge is 0.496 e. The second-order valence-corrected chi connectivity index (χ2v) is 8.51. The normalized spacial score (nSPS) is 15.0. The van der Waals surface area contributed by atoms with Crippen molar-refractivity contribution in [3.05, 3.63) is 71.1 Å². The number of methoxy groups -OCH3 is 3. The van der Waals surface area contributed by atoms with Crippen LogP contribution in [0.15, 0.2) is 48.5 Å². The van der Waals surface area contributed by atoms with Gasteiger partial charge in [-0.3, -0.25) is 4.79 Å². The van der Waals surface area contributed by atoms with E-state index in [4.69, 9.17) is 19.3 Å². The van der Waals surface area contributed by atoms with Gasteiger partial charge in [-0.25, -0.2) is 4.68 Å². The first-order valence-electron chi connectivity index (χ1n) is 11.6. The van der Waals surface area contributed by atoms with Gasteiger partial charge in [0, 0.05) is 36.5 Å². The zero-order chi connectivity index (χ0) is 23.7. The summed E-state index contributed by atoms with van der Waals surface area (Å²) < 4.78 is 18.6. The lowest BCUT2D eigenvalue weighted by Crippen LogP contribution is -2.35. The van der Waals surface area contributed by atoms with Gasteiger partial charge in [0.05, 0.1) is 32.6 Å². The summed E-state index contributed by atoms with van der Waals surface area (Å²) in [4.78, 5) is 15.4. The van der Waals surface area contributed by atoms with Gasteiger partial charge in [0.2, 0.25) is 0 Å². The van der Waals surface area contributed by atoms with E-state index < -0.39 is 0 Å². The van der Waals surface area contributed by atoms with Crippen LogP contribution in [0.2, 0.25) is 0 Å². The maximum Gasteiger partial charge on any atom is 0.274 e. The number of hydrogen-bond donors (Lipinski definition) is 0. The van der Waals surface area contributed by atoms with Gasteiger partial charge < -0.3 is 19.1 Å². The molecule has 176 valence electrons. The van der Waals surface area contributed by atoms with E-state index in [0.29, 0.717) is 42.5 Å². The number of fused-ring (bicyclic) bond motifs is 1. The maximum absolute atomic E-state index is 13.5. The van der Waals surface area contributed by atoms with Crippen molar-refractivity contribution in [2.24, 2.45) is 0 Å². The number of nitrogens with zero attached hydrogens (tertiary/aromatic N) is 3. The third-order valence-corrected chi connectivity index (χ3v) is 6.67. The molecule has 0 fully saturated rings. The number of rotatable bonds is 6. The highest BCUT2D eigenvalue weighted by Gasteiger charge is 2.31. The zero-order valence-electron chi connectivity index (χ0n) is 19.8. The van der Waals surface area contributed by atoms with Gasteiger partial charge in [-0.05, 0) is 43.4 Å². The summed E-state index contributed by atoms with van der Waals surface area (Å²) in [7, 11) is 4.90. The minimum atomic E-state index is -0.00297.